The summed E-state index contributed by atoms with van der Waals surface area (Å²) in [6, 6.07) is 12.4. The number of hydrogen-bond donors (Lipinski definition) is 5. The molecule has 3 aromatic rings. The van der Waals surface area contributed by atoms with E-state index in [4.69, 9.17) is 17.2 Å². The predicted octanol–water partition coefficient (Wildman–Crippen LogP) is 1.63. The molecule has 3 rings (SSSR count). The molecule has 0 saturated carbocycles. The summed E-state index contributed by atoms with van der Waals surface area (Å²) in [5.41, 5.74) is 18.1. The number of fused-ring (bicyclic) bond motifs is 1. The van der Waals surface area contributed by atoms with Gasteiger partial charge in [0.15, 0.2) is 0 Å². The van der Waals surface area contributed by atoms with Crippen LogP contribution in [0.2, 0.25) is 0 Å². The standard InChI is InChI=1S/C14H20N4O2.C6H8N2/c1-2-18(8-4-3-7-15)10-5-6-11-12(9-10)14(20)17-16-13(11)19;7-5-1-2-6(8)4-3-5/h5-6,9H,2-4,7-8,15H2,1H3,(H,16,19)(H,17,20);1-4H,7-8H2. The number of aromatic amines is 2. The number of nitrogens with one attached hydrogen (secondary N) is 2. The quantitative estimate of drug-likeness (QED) is 0.322. The van der Waals surface area contributed by atoms with Crippen LogP contribution >= 0.6 is 0 Å². The van der Waals surface area contributed by atoms with Gasteiger partial charge in [-0.05, 0) is 68.8 Å². The molecule has 0 bridgehead atoms. The SMILES string of the molecule is CCN(CCCCN)c1ccc2c(=O)[nH][nH]c(=O)c2c1.Nc1ccc(N)cc1. The molecular weight excluding hydrogens is 356 g/mol. The number of H-pyrrole nitrogens is 2. The van der Waals surface area contributed by atoms with Crippen LogP contribution in [0.5, 0.6) is 0 Å². The molecule has 0 amide bonds. The van der Waals surface area contributed by atoms with E-state index in [0.717, 1.165) is 43.0 Å². The minimum atomic E-state index is -0.280. The van der Waals surface area contributed by atoms with E-state index < -0.39 is 0 Å². The van der Waals surface area contributed by atoms with Crippen LogP contribution in [0.15, 0.2) is 52.1 Å². The van der Waals surface area contributed by atoms with Crippen molar-refractivity contribution in [3.05, 3.63) is 63.2 Å². The van der Waals surface area contributed by atoms with Gasteiger partial charge in [-0.1, -0.05) is 0 Å². The van der Waals surface area contributed by atoms with Crippen molar-refractivity contribution in [3.63, 3.8) is 0 Å². The van der Waals surface area contributed by atoms with Crippen molar-refractivity contribution in [2.45, 2.75) is 19.8 Å². The Bertz CT molecular complexity index is 973. The number of nitrogen functional groups attached to an aromatic ring is 2. The number of benzene rings is 2. The smallest absolute Gasteiger partial charge is 0.270 e. The van der Waals surface area contributed by atoms with Crippen molar-refractivity contribution in [1.29, 1.82) is 0 Å². The lowest BCUT2D eigenvalue weighted by Crippen LogP contribution is -2.25. The third kappa shape index (κ3) is 5.62. The minimum Gasteiger partial charge on any atom is -0.399 e. The Balaban J connectivity index is 0.000000292. The topological polar surface area (TPSA) is 147 Å². The fraction of sp³-hybridized carbons (Fsp3) is 0.300. The zero-order valence-corrected chi connectivity index (χ0v) is 16.1. The van der Waals surface area contributed by atoms with E-state index in [1.165, 1.54) is 0 Å². The lowest BCUT2D eigenvalue weighted by atomic mass is 10.1. The summed E-state index contributed by atoms with van der Waals surface area (Å²) in [5, 5.41) is 5.51. The van der Waals surface area contributed by atoms with Crippen molar-refractivity contribution in [2.75, 3.05) is 36.0 Å². The Labute approximate surface area is 163 Å². The summed E-state index contributed by atoms with van der Waals surface area (Å²) in [5.74, 6) is 0. The van der Waals surface area contributed by atoms with Gasteiger partial charge in [0.25, 0.3) is 11.1 Å². The summed E-state index contributed by atoms with van der Waals surface area (Å²) in [4.78, 5) is 25.6. The van der Waals surface area contributed by atoms with E-state index in [0.29, 0.717) is 17.3 Å². The van der Waals surface area contributed by atoms with Gasteiger partial charge < -0.3 is 22.1 Å². The predicted molar refractivity (Wildman–Crippen MR) is 117 cm³/mol. The van der Waals surface area contributed by atoms with Crippen molar-refractivity contribution < 1.29 is 0 Å². The molecule has 8 nitrogen and oxygen atoms in total. The van der Waals surface area contributed by atoms with Gasteiger partial charge in [0, 0.05) is 30.2 Å². The van der Waals surface area contributed by atoms with Gasteiger partial charge in [0.2, 0.25) is 0 Å². The molecule has 0 aliphatic rings. The number of aromatic nitrogens is 2. The highest BCUT2D eigenvalue weighted by atomic mass is 16.1. The summed E-state index contributed by atoms with van der Waals surface area (Å²) < 4.78 is 0. The van der Waals surface area contributed by atoms with Crippen LogP contribution in [0.25, 0.3) is 10.8 Å². The van der Waals surface area contributed by atoms with Crippen molar-refractivity contribution >= 4 is 27.8 Å². The van der Waals surface area contributed by atoms with Crippen molar-refractivity contribution in [1.82, 2.24) is 10.2 Å². The highest BCUT2D eigenvalue weighted by Crippen LogP contribution is 2.18. The van der Waals surface area contributed by atoms with Crippen LogP contribution in [-0.4, -0.2) is 29.8 Å². The molecule has 28 heavy (non-hydrogen) atoms. The largest absolute Gasteiger partial charge is 0.399 e. The molecule has 8 heteroatoms. The zero-order valence-electron chi connectivity index (χ0n) is 16.1. The third-order valence-electron chi connectivity index (χ3n) is 4.35. The first-order valence-corrected chi connectivity index (χ1v) is 9.27. The highest BCUT2D eigenvalue weighted by Gasteiger charge is 2.08. The molecule has 0 aliphatic heterocycles. The van der Waals surface area contributed by atoms with Gasteiger partial charge in [-0.3, -0.25) is 19.8 Å². The average Bonchev–Trinajstić information content (AvgIpc) is 2.71. The summed E-state index contributed by atoms with van der Waals surface area (Å²) >= 11 is 0. The second kappa shape index (κ2) is 10.2. The van der Waals surface area contributed by atoms with Crippen molar-refractivity contribution in [2.24, 2.45) is 5.73 Å². The molecule has 1 heterocycles. The average molecular weight is 384 g/mol. The van der Waals surface area contributed by atoms with E-state index in [1.54, 1.807) is 36.4 Å². The van der Waals surface area contributed by atoms with Crippen LogP contribution < -0.4 is 33.2 Å². The molecule has 0 spiro atoms. The fourth-order valence-electron chi connectivity index (χ4n) is 2.78. The van der Waals surface area contributed by atoms with Gasteiger partial charge in [-0.25, -0.2) is 0 Å². The molecule has 0 unspecified atom stereocenters. The monoisotopic (exact) mass is 384 g/mol. The van der Waals surface area contributed by atoms with Crippen LogP contribution in [0.4, 0.5) is 17.1 Å². The number of nitrogens with zero attached hydrogens (tertiary/aromatic N) is 1. The van der Waals surface area contributed by atoms with Gasteiger partial charge in [0.1, 0.15) is 0 Å². The van der Waals surface area contributed by atoms with Crippen LogP contribution in [0, 0.1) is 0 Å². The first-order chi connectivity index (χ1) is 13.5. The zero-order chi connectivity index (χ0) is 20.5. The van der Waals surface area contributed by atoms with Crippen molar-refractivity contribution in [3.8, 4) is 0 Å². The van der Waals surface area contributed by atoms with E-state index >= 15 is 0 Å². The highest BCUT2D eigenvalue weighted by molar-refractivity contribution is 5.84. The van der Waals surface area contributed by atoms with Crippen LogP contribution in [-0.2, 0) is 0 Å². The lowest BCUT2D eigenvalue weighted by molar-refractivity contribution is 0.704. The Morgan fingerprint density at radius 1 is 0.857 bits per heavy atom. The molecular formula is C20H28N6O2. The first-order valence-electron chi connectivity index (χ1n) is 9.27. The molecule has 1 aromatic heterocycles. The molecule has 0 atom stereocenters. The van der Waals surface area contributed by atoms with Crippen LogP contribution in [0.1, 0.15) is 19.8 Å². The Morgan fingerprint density at radius 3 is 1.96 bits per heavy atom. The summed E-state index contributed by atoms with van der Waals surface area (Å²) in [6.07, 6.45) is 1.98. The van der Waals surface area contributed by atoms with Crippen LogP contribution in [0.3, 0.4) is 0 Å². The minimum absolute atomic E-state index is 0.278. The number of nitrogens with two attached hydrogens (primary N) is 3. The second-order valence-corrected chi connectivity index (χ2v) is 6.38. The van der Waals surface area contributed by atoms with E-state index in [9.17, 15) is 9.59 Å². The second-order valence-electron chi connectivity index (χ2n) is 6.38. The fourth-order valence-corrected chi connectivity index (χ4v) is 2.78. The number of hydrogen-bond acceptors (Lipinski definition) is 6. The normalized spacial score (nSPS) is 10.4. The molecule has 150 valence electrons. The third-order valence-corrected chi connectivity index (χ3v) is 4.35. The number of rotatable bonds is 6. The van der Waals surface area contributed by atoms with Gasteiger partial charge >= 0.3 is 0 Å². The van der Waals surface area contributed by atoms with E-state index in [1.807, 2.05) is 6.07 Å². The van der Waals surface area contributed by atoms with E-state index in [2.05, 4.69) is 22.0 Å². The Morgan fingerprint density at radius 2 is 1.43 bits per heavy atom. The Kier molecular flexibility index (Phi) is 7.65. The van der Waals surface area contributed by atoms with E-state index in [-0.39, 0.29) is 11.1 Å². The molecule has 0 fully saturated rings. The van der Waals surface area contributed by atoms with Gasteiger partial charge in [-0.2, -0.15) is 0 Å². The maximum atomic E-state index is 11.8. The van der Waals surface area contributed by atoms with Gasteiger partial charge in [0.05, 0.1) is 10.8 Å². The molecule has 2 aromatic carbocycles. The molecule has 0 aliphatic carbocycles. The van der Waals surface area contributed by atoms with Gasteiger partial charge in [-0.15, -0.1) is 0 Å². The number of anilines is 3. The number of unbranched alkanes of at least 4 members (excludes halogenated alkanes) is 1. The molecule has 0 saturated heterocycles. The summed E-state index contributed by atoms with van der Waals surface area (Å²) in [6.45, 7) is 4.48. The maximum Gasteiger partial charge on any atom is 0.270 e. The molecule has 8 N–H and O–H groups in total. The Hall–Kier alpha value is -3.26. The summed E-state index contributed by atoms with van der Waals surface area (Å²) in [7, 11) is 0. The lowest BCUT2D eigenvalue weighted by Gasteiger charge is -2.23. The molecule has 0 radical (unpaired) electrons. The first kappa shape index (κ1) is 21.0. The maximum absolute atomic E-state index is 11.8.